The van der Waals surface area contributed by atoms with Gasteiger partial charge in [-0.25, -0.2) is 0 Å². The number of carbonyl (C=O) groups is 1. The molecule has 1 aromatic rings. The van der Waals surface area contributed by atoms with Gasteiger partial charge in [-0.05, 0) is 50.5 Å². The molecule has 2 unspecified atom stereocenters. The van der Waals surface area contributed by atoms with E-state index >= 15 is 0 Å². The summed E-state index contributed by atoms with van der Waals surface area (Å²) in [5.41, 5.74) is 0.792. The van der Waals surface area contributed by atoms with Crippen LogP contribution in [-0.2, 0) is 0 Å². The predicted octanol–water partition coefficient (Wildman–Crippen LogP) is 3.85. The van der Waals surface area contributed by atoms with Crippen LogP contribution in [0, 0.1) is 0 Å². The van der Waals surface area contributed by atoms with E-state index in [0.29, 0.717) is 12.1 Å². The molecule has 0 radical (unpaired) electrons. The van der Waals surface area contributed by atoms with Crippen molar-refractivity contribution in [2.45, 2.75) is 45.2 Å². The van der Waals surface area contributed by atoms with Crippen LogP contribution < -0.4 is 0 Å². The van der Waals surface area contributed by atoms with Gasteiger partial charge in [-0.2, -0.15) is 0 Å². The lowest BCUT2D eigenvalue weighted by Crippen LogP contribution is -2.39. The molecule has 1 aliphatic heterocycles. The zero-order valence-corrected chi connectivity index (χ0v) is 11.9. The second-order valence-electron chi connectivity index (χ2n) is 4.71. The van der Waals surface area contributed by atoms with Gasteiger partial charge >= 0.3 is 0 Å². The molecule has 1 amide bonds. The molecule has 1 fully saturated rings. The maximum absolute atomic E-state index is 12.4. The second kappa shape index (κ2) is 5.21. The fourth-order valence-electron chi connectivity index (χ4n) is 2.58. The predicted molar refractivity (Wildman–Crippen MR) is 73.1 cm³/mol. The molecule has 2 rings (SSSR count). The number of benzene rings is 1. The summed E-state index contributed by atoms with van der Waals surface area (Å²) in [6.45, 7) is 4.30. The van der Waals surface area contributed by atoms with Crippen LogP contribution in [0.4, 0.5) is 0 Å². The normalized spacial score (nSPS) is 24.1. The zero-order chi connectivity index (χ0) is 12.4. The Morgan fingerprint density at radius 3 is 2.59 bits per heavy atom. The number of rotatable bonds is 2. The van der Waals surface area contributed by atoms with Crippen LogP contribution in [0.25, 0.3) is 0 Å². The Morgan fingerprint density at radius 2 is 2.00 bits per heavy atom. The molecule has 17 heavy (non-hydrogen) atoms. The van der Waals surface area contributed by atoms with E-state index in [-0.39, 0.29) is 5.91 Å². The van der Waals surface area contributed by atoms with E-state index in [9.17, 15) is 4.79 Å². The van der Waals surface area contributed by atoms with Crippen LogP contribution in [0.3, 0.4) is 0 Å². The molecular formula is C14H18BrNO. The lowest BCUT2D eigenvalue weighted by atomic mass is 10.1. The first kappa shape index (κ1) is 12.6. The summed E-state index contributed by atoms with van der Waals surface area (Å²) in [4.78, 5) is 14.5. The molecule has 1 saturated heterocycles. The van der Waals surface area contributed by atoms with Crippen LogP contribution in [-0.4, -0.2) is 22.9 Å². The molecule has 1 aromatic carbocycles. The van der Waals surface area contributed by atoms with Gasteiger partial charge in [-0.1, -0.05) is 22.9 Å². The molecule has 2 atom stereocenters. The number of hydrogen-bond acceptors (Lipinski definition) is 1. The van der Waals surface area contributed by atoms with Crippen molar-refractivity contribution in [1.29, 1.82) is 0 Å². The van der Waals surface area contributed by atoms with Gasteiger partial charge in [0.2, 0.25) is 0 Å². The largest absolute Gasteiger partial charge is 0.333 e. The maximum atomic E-state index is 12.4. The first-order valence-electron chi connectivity index (χ1n) is 6.21. The minimum atomic E-state index is 0.175. The fraction of sp³-hybridized carbons (Fsp3) is 0.500. The summed E-state index contributed by atoms with van der Waals surface area (Å²) in [7, 11) is 0. The highest BCUT2D eigenvalue weighted by atomic mass is 79.9. The summed E-state index contributed by atoms with van der Waals surface area (Å²) in [5, 5.41) is 0. The number of halogens is 1. The topological polar surface area (TPSA) is 20.3 Å². The lowest BCUT2D eigenvalue weighted by Gasteiger charge is -2.28. The summed E-state index contributed by atoms with van der Waals surface area (Å²) in [6, 6.07) is 8.43. The third-order valence-corrected chi connectivity index (χ3v) is 4.11. The smallest absolute Gasteiger partial charge is 0.254 e. The fourth-order valence-corrected chi connectivity index (χ4v) is 2.84. The summed E-state index contributed by atoms with van der Waals surface area (Å²) in [5.74, 6) is 0.175. The van der Waals surface area contributed by atoms with E-state index in [1.54, 1.807) is 0 Å². The van der Waals surface area contributed by atoms with Gasteiger partial charge in [-0.15, -0.1) is 0 Å². The first-order valence-corrected chi connectivity index (χ1v) is 7.01. The van der Waals surface area contributed by atoms with Gasteiger partial charge < -0.3 is 4.90 Å². The summed E-state index contributed by atoms with van der Waals surface area (Å²) in [6.07, 6.45) is 3.31. The minimum Gasteiger partial charge on any atom is -0.333 e. The van der Waals surface area contributed by atoms with Crippen molar-refractivity contribution in [1.82, 2.24) is 4.90 Å². The Labute approximate surface area is 111 Å². The van der Waals surface area contributed by atoms with E-state index in [0.717, 1.165) is 29.3 Å². The molecule has 0 bridgehead atoms. The Morgan fingerprint density at radius 1 is 1.35 bits per heavy atom. The number of carbonyl (C=O) groups excluding carboxylic acids is 1. The van der Waals surface area contributed by atoms with Crippen molar-refractivity contribution >= 4 is 21.8 Å². The van der Waals surface area contributed by atoms with Crippen molar-refractivity contribution < 1.29 is 4.79 Å². The zero-order valence-electron chi connectivity index (χ0n) is 10.3. The second-order valence-corrected chi connectivity index (χ2v) is 5.62. The van der Waals surface area contributed by atoms with E-state index in [1.165, 1.54) is 0 Å². The standard InChI is InChI=1S/C14H18BrNO/c1-3-13-9-4-10(2)16(13)14(17)11-5-7-12(15)8-6-11/h5-8,10,13H,3-4,9H2,1-2H3. The van der Waals surface area contributed by atoms with Crippen molar-refractivity contribution in [2.24, 2.45) is 0 Å². The van der Waals surface area contributed by atoms with Gasteiger partial charge in [0.1, 0.15) is 0 Å². The quantitative estimate of drug-likeness (QED) is 0.811. The Hall–Kier alpha value is -0.830. The highest BCUT2D eigenvalue weighted by Gasteiger charge is 2.33. The van der Waals surface area contributed by atoms with Crippen molar-refractivity contribution in [3.05, 3.63) is 34.3 Å². The molecule has 3 heteroatoms. The van der Waals surface area contributed by atoms with Crippen LogP contribution in [0.2, 0.25) is 0 Å². The van der Waals surface area contributed by atoms with E-state index < -0.39 is 0 Å². The van der Waals surface area contributed by atoms with Gasteiger partial charge in [0.05, 0.1) is 0 Å². The number of amides is 1. The number of likely N-dealkylation sites (tertiary alicyclic amines) is 1. The van der Waals surface area contributed by atoms with Crippen molar-refractivity contribution in [2.75, 3.05) is 0 Å². The van der Waals surface area contributed by atoms with E-state index in [2.05, 4.69) is 34.7 Å². The number of hydrogen-bond donors (Lipinski definition) is 0. The molecule has 0 aromatic heterocycles. The van der Waals surface area contributed by atoms with Crippen LogP contribution in [0.1, 0.15) is 43.5 Å². The van der Waals surface area contributed by atoms with Crippen LogP contribution in [0.15, 0.2) is 28.7 Å². The lowest BCUT2D eigenvalue weighted by molar-refractivity contribution is 0.0676. The molecule has 0 spiro atoms. The molecule has 0 aliphatic carbocycles. The number of nitrogens with zero attached hydrogens (tertiary/aromatic N) is 1. The Bertz CT molecular complexity index is 401. The van der Waals surface area contributed by atoms with Crippen LogP contribution in [0.5, 0.6) is 0 Å². The first-order chi connectivity index (χ1) is 8.13. The molecule has 1 heterocycles. The summed E-state index contributed by atoms with van der Waals surface area (Å²) >= 11 is 3.39. The molecular weight excluding hydrogens is 278 g/mol. The average molecular weight is 296 g/mol. The van der Waals surface area contributed by atoms with Crippen molar-refractivity contribution in [3.63, 3.8) is 0 Å². The monoisotopic (exact) mass is 295 g/mol. The SMILES string of the molecule is CCC1CCC(C)N1C(=O)c1ccc(Br)cc1. The van der Waals surface area contributed by atoms with Crippen molar-refractivity contribution in [3.8, 4) is 0 Å². The molecule has 2 nitrogen and oxygen atoms in total. The molecule has 0 N–H and O–H groups in total. The highest BCUT2D eigenvalue weighted by Crippen LogP contribution is 2.28. The highest BCUT2D eigenvalue weighted by molar-refractivity contribution is 9.10. The van der Waals surface area contributed by atoms with Gasteiger partial charge in [-0.3, -0.25) is 4.79 Å². The summed E-state index contributed by atoms with van der Waals surface area (Å²) < 4.78 is 1.01. The molecule has 0 saturated carbocycles. The third kappa shape index (κ3) is 2.54. The van der Waals surface area contributed by atoms with Crippen LogP contribution >= 0.6 is 15.9 Å². The average Bonchev–Trinajstić information content (AvgIpc) is 2.70. The molecule has 92 valence electrons. The Balaban J connectivity index is 2.21. The van der Waals surface area contributed by atoms with E-state index in [4.69, 9.17) is 0 Å². The van der Waals surface area contributed by atoms with Gasteiger partial charge in [0.15, 0.2) is 0 Å². The maximum Gasteiger partial charge on any atom is 0.254 e. The Kier molecular flexibility index (Phi) is 3.87. The van der Waals surface area contributed by atoms with Gasteiger partial charge in [0, 0.05) is 22.1 Å². The van der Waals surface area contributed by atoms with E-state index in [1.807, 2.05) is 24.3 Å². The third-order valence-electron chi connectivity index (χ3n) is 3.58. The minimum absolute atomic E-state index is 0.175. The molecule has 1 aliphatic rings. The van der Waals surface area contributed by atoms with Gasteiger partial charge in [0.25, 0.3) is 5.91 Å².